The number of aliphatic hydroxyl groups excluding tert-OH is 1. The van der Waals surface area contributed by atoms with Crippen molar-refractivity contribution in [3.63, 3.8) is 0 Å². The lowest BCUT2D eigenvalue weighted by molar-refractivity contribution is 0.0655. The third-order valence-electron chi connectivity index (χ3n) is 4.00. The largest absolute Gasteiger partial charge is 0.396 e. The third kappa shape index (κ3) is 2.83. The van der Waals surface area contributed by atoms with Crippen molar-refractivity contribution in [2.45, 2.75) is 25.0 Å². The van der Waals surface area contributed by atoms with E-state index in [9.17, 15) is 4.79 Å². The Balaban J connectivity index is 1.68. The highest BCUT2D eigenvalue weighted by molar-refractivity contribution is 7.98. The van der Waals surface area contributed by atoms with Crippen LogP contribution in [0.4, 0.5) is 0 Å². The molecular formula is C14H19NO2S2. The van der Waals surface area contributed by atoms with Crippen molar-refractivity contribution in [3.8, 4) is 0 Å². The Morgan fingerprint density at radius 3 is 2.89 bits per heavy atom. The highest BCUT2D eigenvalue weighted by atomic mass is 32.2. The maximum absolute atomic E-state index is 12.5. The third-order valence-corrected chi connectivity index (χ3v) is 6.23. The molecule has 0 atom stereocenters. The smallest absolute Gasteiger partial charge is 0.263 e. The molecule has 3 nitrogen and oxygen atoms in total. The van der Waals surface area contributed by atoms with Gasteiger partial charge in [0.1, 0.15) is 0 Å². The number of likely N-dealkylation sites (tertiary alicyclic amines) is 1. The van der Waals surface area contributed by atoms with Gasteiger partial charge in [-0.15, -0.1) is 11.3 Å². The van der Waals surface area contributed by atoms with Crippen LogP contribution in [0.25, 0.3) is 0 Å². The second kappa shape index (κ2) is 5.85. The fourth-order valence-electron chi connectivity index (χ4n) is 2.73. The van der Waals surface area contributed by atoms with Crippen LogP contribution in [-0.2, 0) is 12.2 Å². The quantitative estimate of drug-likeness (QED) is 0.911. The second-order valence-electron chi connectivity index (χ2n) is 5.28. The van der Waals surface area contributed by atoms with Crippen LogP contribution in [0, 0.1) is 5.92 Å². The molecule has 104 valence electrons. The summed E-state index contributed by atoms with van der Waals surface area (Å²) in [5.41, 5.74) is 1.37. The Bertz CT molecular complexity index is 441. The molecule has 0 aliphatic carbocycles. The number of carbonyl (C=O) groups is 1. The zero-order chi connectivity index (χ0) is 13.2. The van der Waals surface area contributed by atoms with Gasteiger partial charge in [-0.25, -0.2) is 0 Å². The standard InChI is InChI=1S/C14H19NO2S2/c16-8-10-1-4-15(5-2-10)14(17)13-7-11-9-18-6-3-12(11)19-13/h7,10,16H,1-6,8-9H2. The first-order valence-electron chi connectivity index (χ1n) is 6.87. The van der Waals surface area contributed by atoms with Crippen LogP contribution >= 0.6 is 23.1 Å². The molecule has 0 saturated carbocycles. The Kier molecular flexibility index (Phi) is 4.15. The first-order valence-corrected chi connectivity index (χ1v) is 8.84. The van der Waals surface area contributed by atoms with E-state index in [1.54, 1.807) is 11.3 Å². The summed E-state index contributed by atoms with van der Waals surface area (Å²) in [6.07, 6.45) is 2.98. The number of piperidine rings is 1. The highest BCUT2D eigenvalue weighted by Crippen LogP contribution is 2.32. The van der Waals surface area contributed by atoms with Gasteiger partial charge in [-0.05, 0) is 42.6 Å². The molecular weight excluding hydrogens is 278 g/mol. The van der Waals surface area contributed by atoms with Crippen LogP contribution in [-0.4, -0.2) is 41.4 Å². The number of nitrogens with zero attached hydrogens (tertiary/aromatic N) is 1. The van der Waals surface area contributed by atoms with Crippen LogP contribution in [0.3, 0.4) is 0 Å². The molecule has 1 fully saturated rings. The normalized spacial score (nSPS) is 20.4. The molecule has 0 radical (unpaired) electrons. The lowest BCUT2D eigenvalue weighted by atomic mass is 9.98. The van der Waals surface area contributed by atoms with Crippen LogP contribution in [0.2, 0.25) is 0 Å². The summed E-state index contributed by atoms with van der Waals surface area (Å²) in [6.45, 7) is 1.84. The first kappa shape index (κ1) is 13.5. The minimum absolute atomic E-state index is 0.195. The van der Waals surface area contributed by atoms with Crippen molar-refractivity contribution in [2.24, 2.45) is 5.92 Å². The molecule has 3 rings (SSSR count). The molecule has 0 aromatic carbocycles. The van der Waals surface area contributed by atoms with Gasteiger partial charge in [0.25, 0.3) is 5.91 Å². The van der Waals surface area contributed by atoms with E-state index in [0.29, 0.717) is 5.92 Å². The molecule has 2 aliphatic rings. The van der Waals surface area contributed by atoms with Crippen molar-refractivity contribution in [3.05, 3.63) is 21.4 Å². The Morgan fingerprint density at radius 2 is 2.21 bits per heavy atom. The van der Waals surface area contributed by atoms with Crippen molar-refractivity contribution in [2.75, 3.05) is 25.4 Å². The predicted molar refractivity (Wildman–Crippen MR) is 79.9 cm³/mol. The van der Waals surface area contributed by atoms with E-state index in [1.807, 2.05) is 16.7 Å². The van der Waals surface area contributed by atoms with E-state index in [-0.39, 0.29) is 12.5 Å². The van der Waals surface area contributed by atoms with Gasteiger partial charge in [0.2, 0.25) is 0 Å². The van der Waals surface area contributed by atoms with Crippen molar-refractivity contribution in [1.29, 1.82) is 0 Å². The first-order chi connectivity index (χ1) is 9.28. The van der Waals surface area contributed by atoms with Gasteiger partial charge in [-0.3, -0.25) is 4.79 Å². The monoisotopic (exact) mass is 297 g/mol. The van der Waals surface area contributed by atoms with Gasteiger partial charge >= 0.3 is 0 Å². The molecule has 1 amide bonds. The summed E-state index contributed by atoms with van der Waals surface area (Å²) in [7, 11) is 0. The Hall–Kier alpha value is -0.520. The summed E-state index contributed by atoms with van der Waals surface area (Å²) in [6, 6.07) is 2.10. The summed E-state index contributed by atoms with van der Waals surface area (Å²) in [5.74, 6) is 2.83. The molecule has 1 saturated heterocycles. The van der Waals surface area contributed by atoms with Crippen molar-refractivity contribution in [1.82, 2.24) is 4.90 Å². The Morgan fingerprint density at radius 1 is 1.42 bits per heavy atom. The average molecular weight is 297 g/mol. The number of amides is 1. The molecule has 1 aromatic heterocycles. The minimum atomic E-state index is 0.195. The topological polar surface area (TPSA) is 40.5 Å². The number of aliphatic hydroxyl groups is 1. The highest BCUT2D eigenvalue weighted by Gasteiger charge is 2.25. The van der Waals surface area contributed by atoms with E-state index in [2.05, 4.69) is 6.07 Å². The lowest BCUT2D eigenvalue weighted by Gasteiger charge is -2.30. The minimum Gasteiger partial charge on any atom is -0.396 e. The van der Waals surface area contributed by atoms with Gasteiger partial charge < -0.3 is 10.0 Å². The average Bonchev–Trinajstić information content (AvgIpc) is 2.90. The summed E-state index contributed by atoms with van der Waals surface area (Å²) in [4.78, 5) is 16.8. The molecule has 0 spiro atoms. The van der Waals surface area contributed by atoms with Crippen LogP contribution in [0.15, 0.2) is 6.07 Å². The van der Waals surface area contributed by atoms with Crippen LogP contribution in [0.5, 0.6) is 0 Å². The second-order valence-corrected chi connectivity index (χ2v) is 7.52. The number of thioether (sulfide) groups is 1. The van der Waals surface area contributed by atoms with E-state index < -0.39 is 0 Å². The molecule has 3 heterocycles. The SMILES string of the molecule is O=C(c1cc2c(s1)CCSC2)N1CCC(CO)CC1. The maximum Gasteiger partial charge on any atom is 0.263 e. The molecule has 5 heteroatoms. The number of hydrogen-bond acceptors (Lipinski definition) is 4. The zero-order valence-corrected chi connectivity index (χ0v) is 12.6. The predicted octanol–water partition coefficient (Wildman–Crippen LogP) is 2.38. The van der Waals surface area contributed by atoms with Crippen molar-refractivity contribution >= 4 is 29.0 Å². The molecule has 1 N–H and O–H groups in total. The van der Waals surface area contributed by atoms with Gasteiger partial charge in [-0.1, -0.05) is 0 Å². The van der Waals surface area contributed by atoms with E-state index in [4.69, 9.17) is 5.11 Å². The van der Waals surface area contributed by atoms with Gasteiger partial charge in [0.15, 0.2) is 0 Å². The van der Waals surface area contributed by atoms with Gasteiger partial charge in [0, 0.05) is 30.3 Å². The molecule has 0 unspecified atom stereocenters. The van der Waals surface area contributed by atoms with Gasteiger partial charge in [-0.2, -0.15) is 11.8 Å². The summed E-state index contributed by atoms with van der Waals surface area (Å²) >= 11 is 3.65. The number of carbonyl (C=O) groups excluding carboxylic acids is 1. The fourth-order valence-corrected chi connectivity index (χ4v) is 5.07. The summed E-state index contributed by atoms with van der Waals surface area (Å²) in [5, 5.41) is 9.14. The number of fused-ring (bicyclic) bond motifs is 1. The van der Waals surface area contributed by atoms with E-state index in [1.165, 1.54) is 16.2 Å². The van der Waals surface area contributed by atoms with Crippen LogP contribution < -0.4 is 0 Å². The zero-order valence-electron chi connectivity index (χ0n) is 10.9. The molecule has 0 bridgehead atoms. The fraction of sp³-hybridized carbons (Fsp3) is 0.643. The number of rotatable bonds is 2. The molecule has 2 aliphatic heterocycles. The Labute approximate surface area is 122 Å². The summed E-state index contributed by atoms with van der Waals surface area (Å²) < 4.78 is 0. The molecule has 19 heavy (non-hydrogen) atoms. The number of aryl methyl sites for hydroxylation is 1. The van der Waals surface area contributed by atoms with E-state index in [0.717, 1.165) is 43.0 Å². The van der Waals surface area contributed by atoms with Crippen LogP contribution in [0.1, 0.15) is 33.0 Å². The van der Waals surface area contributed by atoms with Gasteiger partial charge in [0.05, 0.1) is 4.88 Å². The lowest BCUT2D eigenvalue weighted by Crippen LogP contribution is -2.38. The number of hydrogen-bond donors (Lipinski definition) is 1. The van der Waals surface area contributed by atoms with E-state index >= 15 is 0 Å². The van der Waals surface area contributed by atoms with Crippen molar-refractivity contribution < 1.29 is 9.90 Å². The number of thiophene rings is 1. The molecule has 1 aromatic rings. The maximum atomic E-state index is 12.5.